The minimum atomic E-state index is -0.233. The molecule has 2 rings (SSSR count). The molecule has 0 saturated heterocycles. The van der Waals surface area contributed by atoms with Crippen molar-refractivity contribution in [1.29, 1.82) is 0 Å². The fourth-order valence-electron chi connectivity index (χ4n) is 1.32. The van der Waals surface area contributed by atoms with Crippen molar-refractivity contribution >= 4 is 15.9 Å². The molecule has 0 fully saturated rings. The first-order chi connectivity index (χ1) is 7.22. The van der Waals surface area contributed by atoms with Crippen LogP contribution in [0.3, 0.4) is 0 Å². The van der Waals surface area contributed by atoms with Crippen LogP contribution in [-0.2, 0) is 5.33 Å². The van der Waals surface area contributed by atoms with Gasteiger partial charge in [0.1, 0.15) is 5.82 Å². The van der Waals surface area contributed by atoms with Crippen molar-refractivity contribution in [2.45, 2.75) is 12.3 Å². The van der Waals surface area contributed by atoms with E-state index in [1.54, 1.807) is 23.9 Å². The van der Waals surface area contributed by atoms with E-state index in [0.29, 0.717) is 10.9 Å². The van der Waals surface area contributed by atoms with Gasteiger partial charge in [-0.3, -0.25) is 0 Å². The molecular weight excluding hydrogens is 261 g/mol. The van der Waals surface area contributed by atoms with E-state index in [9.17, 15) is 4.39 Å². The summed E-state index contributed by atoms with van der Waals surface area (Å²) in [6, 6.07) is 4.90. The molecule has 78 valence electrons. The Bertz CT molecular complexity index is 481. The molecule has 2 aromatic rings. The zero-order valence-corrected chi connectivity index (χ0v) is 9.70. The lowest BCUT2D eigenvalue weighted by Crippen LogP contribution is -1.99. The fraction of sp³-hybridized carbons (Fsp3) is 0.200. The Morgan fingerprint density at radius 3 is 2.93 bits per heavy atom. The van der Waals surface area contributed by atoms with Crippen molar-refractivity contribution in [3.8, 4) is 5.69 Å². The van der Waals surface area contributed by atoms with Crippen molar-refractivity contribution in [2.75, 3.05) is 0 Å². The Hall–Kier alpha value is -1.23. The van der Waals surface area contributed by atoms with Gasteiger partial charge in [-0.05, 0) is 19.1 Å². The third-order valence-electron chi connectivity index (χ3n) is 2.16. The van der Waals surface area contributed by atoms with Crippen LogP contribution in [0.15, 0.2) is 24.4 Å². The average Bonchev–Trinajstić information content (AvgIpc) is 2.70. The van der Waals surface area contributed by atoms with Gasteiger partial charge in [-0.1, -0.05) is 27.2 Å². The SMILES string of the molecule is Cc1c(F)cccc1-n1cc(CBr)nn1. The van der Waals surface area contributed by atoms with Crippen LogP contribution >= 0.6 is 15.9 Å². The minimum Gasteiger partial charge on any atom is -0.220 e. The van der Waals surface area contributed by atoms with E-state index in [2.05, 4.69) is 26.2 Å². The molecule has 0 amide bonds. The largest absolute Gasteiger partial charge is 0.220 e. The van der Waals surface area contributed by atoms with E-state index in [1.807, 2.05) is 6.07 Å². The van der Waals surface area contributed by atoms with Gasteiger partial charge in [0.25, 0.3) is 0 Å². The summed E-state index contributed by atoms with van der Waals surface area (Å²) in [7, 11) is 0. The number of halogens is 2. The minimum absolute atomic E-state index is 0.233. The first kappa shape index (κ1) is 10.3. The molecule has 0 bridgehead atoms. The zero-order valence-electron chi connectivity index (χ0n) is 8.11. The summed E-state index contributed by atoms with van der Waals surface area (Å²) in [5.74, 6) is -0.233. The van der Waals surface area contributed by atoms with Gasteiger partial charge in [0.15, 0.2) is 0 Å². The van der Waals surface area contributed by atoms with Crippen LogP contribution in [-0.4, -0.2) is 15.0 Å². The standard InChI is InChI=1S/C10H9BrFN3/c1-7-9(12)3-2-4-10(7)15-6-8(5-11)13-14-15/h2-4,6H,5H2,1H3. The summed E-state index contributed by atoms with van der Waals surface area (Å²) in [6.45, 7) is 1.72. The lowest BCUT2D eigenvalue weighted by Gasteiger charge is -2.04. The van der Waals surface area contributed by atoms with Crippen LogP contribution < -0.4 is 0 Å². The first-order valence-corrected chi connectivity index (χ1v) is 5.57. The smallest absolute Gasteiger partial charge is 0.128 e. The molecule has 0 saturated carbocycles. The topological polar surface area (TPSA) is 30.7 Å². The van der Waals surface area contributed by atoms with Crippen molar-refractivity contribution < 1.29 is 4.39 Å². The normalized spacial score (nSPS) is 10.6. The molecule has 0 atom stereocenters. The maximum atomic E-state index is 13.3. The summed E-state index contributed by atoms with van der Waals surface area (Å²) < 4.78 is 14.9. The van der Waals surface area contributed by atoms with Gasteiger partial charge in [-0.15, -0.1) is 5.10 Å². The van der Waals surface area contributed by atoms with Gasteiger partial charge >= 0.3 is 0 Å². The van der Waals surface area contributed by atoms with Crippen molar-refractivity contribution in [1.82, 2.24) is 15.0 Å². The predicted molar refractivity (Wildman–Crippen MR) is 58.7 cm³/mol. The van der Waals surface area contributed by atoms with Gasteiger partial charge in [0.2, 0.25) is 0 Å². The molecule has 0 radical (unpaired) electrons. The number of benzene rings is 1. The van der Waals surface area contributed by atoms with Gasteiger partial charge in [0.05, 0.1) is 17.6 Å². The average molecular weight is 270 g/mol. The summed E-state index contributed by atoms with van der Waals surface area (Å²) in [5.41, 5.74) is 2.11. The monoisotopic (exact) mass is 269 g/mol. The van der Waals surface area contributed by atoms with E-state index in [4.69, 9.17) is 0 Å². The maximum absolute atomic E-state index is 13.3. The van der Waals surface area contributed by atoms with Gasteiger partial charge < -0.3 is 0 Å². The molecule has 1 aromatic carbocycles. The number of nitrogens with zero attached hydrogens (tertiary/aromatic N) is 3. The Balaban J connectivity index is 2.49. The van der Waals surface area contributed by atoms with Gasteiger partial charge in [0, 0.05) is 10.9 Å². The van der Waals surface area contributed by atoms with Crippen LogP contribution in [0, 0.1) is 12.7 Å². The van der Waals surface area contributed by atoms with Gasteiger partial charge in [-0.2, -0.15) is 0 Å². The second-order valence-corrected chi connectivity index (χ2v) is 3.73. The van der Waals surface area contributed by atoms with Crippen LogP contribution in [0.25, 0.3) is 5.69 Å². The van der Waals surface area contributed by atoms with E-state index >= 15 is 0 Å². The summed E-state index contributed by atoms with van der Waals surface area (Å²) >= 11 is 3.29. The fourth-order valence-corrected chi connectivity index (χ4v) is 1.58. The lowest BCUT2D eigenvalue weighted by atomic mass is 10.2. The highest BCUT2D eigenvalue weighted by atomic mass is 79.9. The van der Waals surface area contributed by atoms with Crippen LogP contribution in [0.2, 0.25) is 0 Å². The third-order valence-corrected chi connectivity index (χ3v) is 2.74. The molecule has 0 spiro atoms. The molecular formula is C10H9BrFN3. The highest BCUT2D eigenvalue weighted by Gasteiger charge is 2.07. The molecule has 0 aliphatic rings. The highest BCUT2D eigenvalue weighted by Crippen LogP contribution is 2.16. The van der Waals surface area contributed by atoms with Gasteiger partial charge in [-0.25, -0.2) is 9.07 Å². The Morgan fingerprint density at radius 2 is 2.27 bits per heavy atom. The molecule has 15 heavy (non-hydrogen) atoms. The third kappa shape index (κ3) is 1.92. The molecule has 3 nitrogen and oxygen atoms in total. The maximum Gasteiger partial charge on any atom is 0.128 e. The lowest BCUT2D eigenvalue weighted by molar-refractivity contribution is 0.614. The van der Waals surface area contributed by atoms with E-state index < -0.39 is 0 Å². The van der Waals surface area contributed by atoms with E-state index in [1.165, 1.54) is 6.07 Å². The van der Waals surface area contributed by atoms with Crippen LogP contribution in [0.5, 0.6) is 0 Å². The predicted octanol–water partition coefficient (Wildman–Crippen LogP) is 2.61. The molecule has 1 aromatic heterocycles. The zero-order chi connectivity index (χ0) is 10.8. The molecule has 0 unspecified atom stereocenters. The highest BCUT2D eigenvalue weighted by molar-refractivity contribution is 9.08. The molecule has 0 aliphatic heterocycles. The Kier molecular flexibility index (Phi) is 2.81. The number of hydrogen-bond acceptors (Lipinski definition) is 2. The Morgan fingerprint density at radius 1 is 1.47 bits per heavy atom. The number of hydrogen-bond donors (Lipinski definition) is 0. The molecule has 1 heterocycles. The van der Waals surface area contributed by atoms with Crippen molar-refractivity contribution in [3.63, 3.8) is 0 Å². The summed E-state index contributed by atoms with van der Waals surface area (Å²) in [5, 5.41) is 8.49. The molecule has 0 N–H and O–H groups in total. The van der Waals surface area contributed by atoms with Crippen molar-refractivity contribution in [3.05, 3.63) is 41.5 Å². The van der Waals surface area contributed by atoms with Crippen molar-refractivity contribution in [2.24, 2.45) is 0 Å². The number of aromatic nitrogens is 3. The summed E-state index contributed by atoms with van der Waals surface area (Å²) in [6.07, 6.45) is 1.77. The second kappa shape index (κ2) is 4.10. The molecule has 5 heteroatoms. The second-order valence-electron chi connectivity index (χ2n) is 3.17. The van der Waals surface area contributed by atoms with Crippen LogP contribution in [0.1, 0.15) is 11.3 Å². The molecule has 0 aliphatic carbocycles. The van der Waals surface area contributed by atoms with Crippen LogP contribution in [0.4, 0.5) is 4.39 Å². The number of alkyl halides is 1. The first-order valence-electron chi connectivity index (χ1n) is 4.45. The summed E-state index contributed by atoms with van der Waals surface area (Å²) in [4.78, 5) is 0. The Labute approximate surface area is 95.0 Å². The van der Waals surface area contributed by atoms with E-state index in [-0.39, 0.29) is 5.82 Å². The van der Waals surface area contributed by atoms with E-state index in [0.717, 1.165) is 11.4 Å². The quantitative estimate of drug-likeness (QED) is 0.785. The number of rotatable bonds is 2.